The lowest BCUT2D eigenvalue weighted by Gasteiger charge is -2.03. The molecule has 0 saturated carbocycles. The summed E-state index contributed by atoms with van der Waals surface area (Å²) in [4.78, 5) is 31.0. The number of rotatable bonds is 16. The Balaban J connectivity index is 0. The van der Waals surface area contributed by atoms with E-state index < -0.39 is 15.6 Å². The van der Waals surface area contributed by atoms with Gasteiger partial charge >= 0.3 is 15.6 Å². The van der Waals surface area contributed by atoms with Gasteiger partial charge in [-0.05, 0) is 13.0 Å². The van der Waals surface area contributed by atoms with Gasteiger partial charge < -0.3 is 25.3 Å². The van der Waals surface area contributed by atoms with Crippen molar-refractivity contribution in [3.63, 3.8) is 0 Å². The predicted molar refractivity (Wildman–Crippen MR) is 105 cm³/mol. The van der Waals surface area contributed by atoms with E-state index in [4.69, 9.17) is 25.3 Å². The van der Waals surface area contributed by atoms with Gasteiger partial charge in [-0.25, -0.2) is 9.13 Å². The van der Waals surface area contributed by atoms with E-state index in [0.717, 1.165) is 6.54 Å². The molecule has 0 aliphatic carbocycles. The van der Waals surface area contributed by atoms with Gasteiger partial charge in [0.05, 0.1) is 0 Å². The second-order valence-electron chi connectivity index (χ2n) is 6.45. The molecule has 0 aliphatic rings. The van der Waals surface area contributed by atoms with E-state index in [-0.39, 0.29) is 0 Å². The first-order chi connectivity index (χ1) is 12.1. The van der Waals surface area contributed by atoms with Gasteiger partial charge in [0, 0.05) is 0 Å². The van der Waals surface area contributed by atoms with Crippen molar-refractivity contribution in [2.45, 2.75) is 96.8 Å². The maximum absolute atomic E-state index is 9.63. The molecule has 0 atom stereocenters. The van der Waals surface area contributed by atoms with Crippen molar-refractivity contribution in [1.29, 1.82) is 0 Å². The molecule has 0 saturated heterocycles. The van der Waals surface area contributed by atoms with Gasteiger partial charge in [-0.15, -0.1) is 0 Å². The van der Waals surface area contributed by atoms with Crippen LogP contribution in [0.3, 0.4) is 0 Å². The number of nitrogens with two attached hydrogens (primary N) is 1. The first kappa shape index (κ1) is 28.4. The molecule has 160 valence electrons. The SMILES string of the molecule is CCCCCCCCCCCCCCCCN.O=P(O)(O)OP(=O)(O)O. The van der Waals surface area contributed by atoms with E-state index in [1.165, 1.54) is 89.9 Å². The summed E-state index contributed by atoms with van der Waals surface area (Å²) in [7, 11) is -10.1. The van der Waals surface area contributed by atoms with Gasteiger partial charge in [-0.1, -0.05) is 90.4 Å². The van der Waals surface area contributed by atoms with Crippen molar-refractivity contribution in [3.8, 4) is 0 Å². The minimum Gasteiger partial charge on any atom is -0.330 e. The number of unbranched alkanes of at least 4 members (excludes halogenated alkanes) is 13. The van der Waals surface area contributed by atoms with Crippen LogP contribution in [0.25, 0.3) is 0 Å². The average Bonchev–Trinajstić information content (AvgIpc) is 2.49. The Morgan fingerprint density at radius 1 is 0.615 bits per heavy atom. The van der Waals surface area contributed by atoms with Gasteiger partial charge in [0.15, 0.2) is 0 Å². The van der Waals surface area contributed by atoms with Gasteiger partial charge in [0.25, 0.3) is 0 Å². The van der Waals surface area contributed by atoms with E-state index in [1.54, 1.807) is 0 Å². The van der Waals surface area contributed by atoms with Crippen molar-refractivity contribution in [2.24, 2.45) is 5.73 Å². The molecule has 26 heavy (non-hydrogen) atoms. The number of hydrogen-bond donors (Lipinski definition) is 5. The quantitative estimate of drug-likeness (QED) is 0.180. The van der Waals surface area contributed by atoms with E-state index in [2.05, 4.69) is 11.2 Å². The van der Waals surface area contributed by atoms with E-state index in [0.29, 0.717) is 0 Å². The molecule has 0 aromatic carbocycles. The van der Waals surface area contributed by atoms with Crippen LogP contribution < -0.4 is 5.73 Å². The highest BCUT2D eigenvalue weighted by Gasteiger charge is 2.27. The fourth-order valence-corrected chi connectivity index (χ4v) is 3.59. The second-order valence-corrected chi connectivity index (χ2v) is 9.06. The molecule has 0 unspecified atom stereocenters. The normalized spacial score (nSPS) is 11.9. The van der Waals surface area contributed by atoms with Crippen LogP contribution in [0.4, 0.5) is 0 Å². The van der Waals surface area contributed by atoms with Crippen LogP contribution in [0.2, 0.25) is 0 Å². The van der Waals surface area contributed by atoms with Crippen LogP contribution >= 0.6 is 15.6 Å². The molecule has 0 spiro atoms. The van der Waals surface area contributed by atoms with Crippen LogP contribution in [0.1, 0.15) is 96.8 Å². The Hall–Kier alpha value is 0.220. The number of hydrogen-bond acceptors (Lipinski definition) is 4. The van der Waals surface area contributed by atoms with Crippen LogP contribution in [0.15, 0.2) is 0 Å². The molecule has 8 nitrogen and oxygen atoms in total. The van der Waals surface area contributed by atoms with Gasteiger partial charge in [0.1, 0.15) is 0 Å². The summed E-state index contributed by atoms with van der Waals surface area (Å²) in [5.74, 6) is 0. The lowest BCUT2D eigenvalue weighted by Crippen LogP contribution is -1.97. The first-order valence-electron chi connectivity index (χ1n) is 9.65. The summed E-state index contributed by atoms with van der Waals surface area (Å²) in [6, 6.07) is 0. The smallest absolute Gasteiger partial charge is 0.330 e. The molecule has 0 amide bonds. The molecule has 0 heterocycles. The molecule has 0 rings (SSSR count). The number of phosphoric acid groups is 2. The molecule has 10 heteroatoms. The van der Waals surface area contributed by atoms with Crippen molar-refractivity contribution in [1.82, 2.24) is 0 Å². The molecular weight excluding hydrogens is 380 g/mol. The third kappa shape index (κ3) is 31.9. The highest BCUT2D eigenvalue weighted by molar-refractivity contribution is 7.60. The predicted octanol–water partition coefficient (Wildman–Crippen LogP) is 4.61. The summed E-state index contributed by atoms with van der Waals surface area (Å²) in [6.07, 6.45) is 19.9. The summed E-state index contributed by atoms with van der Waals surface area (Å²) >= 11 is 0. The van der Waals surface area contributed by atoms with Crippen molar-refractivity contribution >= 4 is 15.6 Å². The van der Waals surface area contributed by atoms with E-state index in [9.17, 15) is 9.13 Å². The van der Waals surface area contributed by atoms with Gasteiger partial charge in [-0.2, -0.15) is 4.31 Å². The zero-order valence-electron chi connectivity index (χ0n) is 16.1. The fourth-order valence-electron chi connectivity index (χ4n) is 2.48. The highest BCUT2D eigenvalue weighted by atomic mass is 31.3. The fraction of sp³-hybridized carbons (Fsp3) is 1.00. The Labute approximate surface area is 158 Å². The minimum absolute atomic E-state index is 0.873. The van der Waals surface area contributed by atoms with Crippen LogP contribution in [-0.2, 0) is 13.4 Å². The molecule has 0 aromatic heterocycles. The standard InChI is InChI=1S/C16H35N.H4O7P2/c1-2-3-4-5-6-7-8-9-10-11-12-13-14-15-16-17;1-8(2,3)7-9(4,5)6/h2-17H2,1H3;(H2,1,2,3)(H2,4,5,6). The van der Waals surface area contributed by atoms with Crippen molar-refractivity contribution in [3.05, 3.63) is 0 Å². The molecule has 0 aliphatic heterocycles. The molecular formula is C16H39NO7P2. The molecule has 0 bridgehead atoms. The molecule has 0 fully saturated rings. The van der Waals surface area contributed by atoms with Crippen LogP contribution in [-0.4, -0.2) is 26.1 Å². The Morgan fingerprint density at radius 3 is 1.08 bits per heavy atom. The van der Waals surface area contributed by atoms with Crippen molar-refractivity contribution in [2.75, 3.05) is 6.54 Å². The third-order valence-electron chi connectivity index (χ3n) is 3.77. The lowest BCUT2D eigenvalue weighted by atomic mass is 10.0. The molecule has 6 N–H and O–H groups in total. The zero-order valence-corrected chi connectivity index (χ0v) is 17.9. The van der Waals surface area contributed by atoms with E-state index in [1.807, 2.05) is 0 Å². The van der Waals surface area contributed by atoms with Crippen LogP contribution in [0.5, 0.6) is 0 Å². The lowest BCUT2D eigenvalue weighted by molar-refractivity contribution is 0.225. The molecule has 0 aromatic rings. The first-order valence-corrected chi connectivity index (χ1v) is 12.7. The largest absolute Gasteiger partial charge is 0.478 e. The third-order valence-corrected chi connectivity index (χ3v) is 5.47. The van der Waals surface area contributed by atoms with Crippen LogP contribution in [0, 0.1) is 0 Å². The topological polar surface area (TPSA) is 150 Å². The summed E-state index contributed by atoms with van der Waals surface area (Å²) in [5, 5.41) is 0. The molecule has 0 radical (unpaired) electrons. The zero-order chi connectivity index (χ0) is 20.3. The summed E-state index contributed by atoms with van der Waals surface area (Å²) in [5.41, 5.74) is 5.47. The average molecular weight is 419 g/mol. The monoisotopic (exact) mass is 419 g/mol. The maximum atomic E-state index is 9.63. The Morgan fingerprint density at radius 2 is 0.885 bits per heavy atom. The van der Waals surface area contributed by atoms with Gasteiger partial charge in [-0.3, -0.25) is 0 Å². The van der Waals surface area contributed by atoms with Gasteiger partial charge in [0.2, 0.25) is 0 Å². The summed E-state index contributed by atoms with van der Waals surface area (Å²) in [6.45, 7) is 3.16. The Bertz CT molecular complexity index is 351. The van der Waals surface area contributed by atoms with E-state index >= 15 is 0 Å². The minimum atomic E-state index is -5.05. The highest BCUT2D eigenvalue weighted by Crippen LogP contribution is 2.53. The Kier molecular flexibility index (Phi) is 20.3. The maximum Gasteiger partial charge on any atom is 0.478 e. The second kappa shape index (κ2) is 18.6. The summed E-state index contributed by atoms with van der Waals surface area (Å²) < 4.78 is 22.2. The van der Waals surface area contributed by atoms with Crippen molar-refractivity contribution < 1.29 is 33.0 Å².